The van der Waals surface area contributed by atoms with Gasteiger partial charge in [0.25, 0.3) is 5.69 Å². The summed E-state index contributed by atoms with van der Waals surface area (Å²) >= 11 is 68.0. The average molecular weight is 1670 g/mol. The predicted octanol–water partition coefficient (Wildman–Crippen LogP) is 23.9. The molecule has 0 saturated carbocycles. The molecular weight excluding hydrogens is 1620 g/mol. The van der Waals surface area contributed by atoms with E-state index in [0.717, 1.165) is 33.7 Å². The smallest absolute Gasteiger partial charge is 0.368 e. The van der Waals surface area contributed by atoms with Gasteiger partial charge in [-0.3, -0.25) is 30.3 Å². The van der Waals surface area contributed by atoms with Crippen molar-refractivity contribution in [1.29, 1.82) is 0 Å². The number of hydrogen-bond acceptors (Lipinski definition) is 17. The van der Waals surface area contributed by atoms with E-state index in [1.54, 1.807) is 67.5 Å². The summed E-state index contributed by atoms with van der Waals surface area (Å²) in [6, 6.07) is 30.9. The van der Waals surface area contributed by atoms with Gasteiger partial charge in [-0.1, -0.05) is 175 Å². The third-order valence-corrected chi connectivity index (χ3v) is 14.4. The number of alkyl halides is 9. The maximum atomic E-state index is 12.0. The van der Waals surface area contributed by atoms with Gasteiger partial charge in [-0.15, -0.1) is 0 Å². The molecule has 11 rings (SSSR count). The minimum absolute atomic E-state index is 0.0219. The molecule has 0 fully saturated rings. The van der Waals surface area contributed by atoms with Gasteiger partial charge in [-0.2, -0.15) is 39.5 Å². The van der Waals surface area contributed by atoms with Gasteiger partial charge in [0.15, 0.2) is 4.64 Å². The Morgan fingerprint density at radius 3 is 1.10 bits per heavy atom. The van der Waals surface area contributed by atoms with Crippen LogP contribution >= 0.6 is 169 Å². The van der Waals surface area contributed by atoms with Gasteiger partial charge in [0.05, 0.1) is 67.9 Å². The highest BCUT2D eigenvalue weighted by atomic mass is 35.5. The first kappa shape index (κ1) is 90.5. The van der Waals surface area contributed by atoms with E-state index in [1.165, 1.54) is 73.3 Å². The van der Waals surface area contributed by atoms with Gasteiger partial charge in [0.2, 0.25) is 0 Å². The summed E-state index contributed by atoms with van der Waals surface area (Å²) in [5, 5.41) is 32.2. The quantitative estimate of drug-likeness (QED) is 0.0339. The highest BCUT2D eigenvalue weighted by Gasteiger charge is 2.33. The number of aromatic nitrogens is 11. The molecule has 11 heterocycles. The maximum Gasteiger partial charge on any atom is 0.419 e. The van der Waals surface area contributed by atoms with Crippen LogP contribution in [0.5, 0.6) is 0 Å². The molecule has 11 N–H and O–H groups in total. The van der Waals surface area contributed by atoms with Crippen LogP contribution in [0, 0.1) is 80.9 Å². The van der Waals surface area contributed by atoms with Crippen LogP contribution in [-0.2, 0) is 18.5 Å². The third kappa shape index (κ3) is 41.1. The van der Waals surface area contributed by atoms with Crippen LogP contribution in [0.1, 0.15) is 16.7 Å². The van der Waals surface area contributed by atoms with Crippen LogP contribution in [0.3, 0.4) is 0 Å². The van der Waals surface area contributed by atoms with E-state index >= 15 is 0 Å². The molecular formula is C58H46Cl3F9N14O6S11. The molecule has 0 amide bonds. The number of H-pyrrole nitrogens is 11. The van der Waals surface area contributed by atoms with Crippen molar-refractivity contribution in [1.82, 2.24) is 54.8 Å². The fourth-order valence-corrected chi connectivity index (χ4v) is 7.63. The van der Waals surface area contributed by atoms with Crippen LogP contribution in [0.2, 0.25) is 15.1 Å². The zero-order valence-electron chi connectivity index (χ0n) is 50.0. The minimum Gasteiger partial charge on any atom is -0.368 e. The molecule has 11 aromatic heterocycles. The first-order valence-electron chi connectivity index (χ1n) is 26.3. The van der Waals surface area contributed by atoms with Crippen molar-refractivity contribution < 1.29 is 54.3 Å². The molecule has 0 aliphatic heterocycles. The van der Waals surface area contributed by atoms with Gasteiger partial charge >= 0.3 is 29.9 Å². The normalized spacial score (nSPS) is 9.86. The Balaban J connectivity index is 0.000000557. The van der Waals surface area contributed by atoms with Crippen LogP contribution in [0.4, 0.5) is 56.6 Å². The predicted molar refractivity (Wildman–Crippen MR) is 398 cm³/mol. The highest BCUT2D eigenvalue weighted by molar-refractivity contribution is 7.73. The second-order valence-electron chi connectivity index (χ2n) is 17.3. The first-order chi connectivity index (χ1) is 47.3. The van der Waals surface area contributed by atoms with E-state index in [-0.39, 0.29) is 40.0 Å². The second-order valence-corrected chi connectivity index (χ2v) is 23.3. The van der Waals surface area contributed by atoms with E-state index in [4.69, 9.17) is 95.9 Å². The number of halogens is 12. The van der Waals surface area contributed by atoms with Crippen molar-refractivity contribution in [2.75, 3.05) is 0 Å². The lowest BCUT2D eigenvalue weighted by molar-refractivity contribution is -0.385. The molecule has 0 aliphatic rings. The second kappa shape index (κ2) is 48.4. The Bertz CT molecular complexity index is 4770. The van der Waals surface area contributed by atoms with E-state index in [0.29, 0.717) is 33.5 Å². The standard InChI is InChI=1S/3C6H4F3NS.3C5H4ClNS.3C5H4N2O2S.2C5H5NS/c7-6(8,9)4-3-10-2-1-5(4)11;7-6(8,9)4-1-2-5(11)10-3-4;7-6(8,9)4-2-1-3-10-5(4)11;6-4-3-7-2-1-5(4)8;6-4-1-2-5(8)7-3-4;6-4-2-1-3-7-5(4)8;8-7(9)4-3-6-2-1-5(4)10;8-7(9)4-1-2-5(10)6-3-4;8-7(9)4-2-1-3-6-5(4)10;7-5-1-3-6-4-2-5;7-5-3-1-2-4-6-5/h3*1-3H,(H,10,11);3*1-3H,(H,7,8);3*1-3H,(H,6,10);2*1-4H,(H,6,7). The summed E-state index contributed by atoms with van der Waals surface area (Å²) < 4.78 is 112. The summed E-state index contributed by atoms with van der Waals surface area (Å²) in [5.74, 6) is 0. The van der Waals surface area contributed by atoms with Crippen LogP contribution in [0.15, 0.2) is 214 Å². The summed E-state index contributed by atoms with van der Waals surface area (Å²) in [7, 11) is 0. The first-order valence-corrected chi connectivity index (χ1v) is 32.0. The Labute approximate surface area is 635 Å². The van der Waals surface area contributed by atoms with Gasteiger partial charge < -0.3 is 54.8 Å². The summed E-state index contributed by atoms with van der Waals surface area (Å²) in [6.07, 6.45) is 9.28. The lowest BCUT2D eigenvalue weighted by Crippen LogP contribution is -2.05. The van der Waals surface area contributed by atoms with Crippen molar-refractivity contribution in [3.63, 3.8) is 0 Å². The maximum absolute atomic E-state index is 12.0. The van der Waals surface area contributed by atoms with Crippen molar-refractivity contribution in [3.8, 4) is 0 Å². The SMILES string of the molecule is FC(F)(F)c1c[nH]ccc1=S.FC(F)(F)c1ccc(=S)[nH]c1.FC(F)(F)c1ccc[nH]c1=S.O=[N+]([O-])c1c[nH]ccc1=S.O=[N+]([O-])c1ccc(=S)[nH]c1.O=[N+]([O-])c1ccc[nH]c1=S.S=c1[nH]cccc1Cl.S=c1cc[nH]cc1.S=c1cc[nH]cc1Cl.S=c1ccc(Cl)c[nH]1.S=c1cccc[nH]1. The van der Waals surface area contributed by atoms with Crippen molar-refractivity contribution >= 4 is 186 Å². The van der Waals surface area contributed by atoms with E-state index < -0.39 is 50.0 Å². The van der Waals surface area contributed by atoms with Gasteiger partial charge in [0, 0.05) is 97.2 Å². The van der Waals surface area contributed by atoms with E-state index in [9.17, 15) is 69.9 Å². The van der Waals surface area contributed by atoms with E-state index in [2.05, 4.69) is 128 Å². The molecule has 0 unspecified atom stereocenters. The molecule has 0 bridgehead atoms. The Kier molecular flexibility index (Phi) is 43.3. The van der Waals surface area contributed by atoms with Gasteiger partial charge in [0.1, 0.15) is 32.4 Å². The third-order valence-electron chi connectivity index (χ3n) is 10.00. The number of nitrogens with zero attached hydrogens (tertiary/aromatic N) is 3. The number of pyridine rings is 11. The number of hydrogen-bond donors (Lipinski definition) is 11. The zero-order chi connectivity index (χ0) is 76.3. The molecule has 101 heavy (non-hydrogen) atoms. The monoisotopic (exact) mass is 1660 g/mol. The summed E-state index contributed by atoms with van der Waals surface area (Å²) in [5.41, 5.74) is -2.40. The topological polar surface area (TPSA) is 303 Å². The molecule has 0 radical (unpaired) electrons. The molecule has 20 nitrogen and oxygen atoms in total. The largest absolute Gasteiger partial charge is 0.419 e. The van der Waals surface area contributed by atoms with Crippen molar-refractivity contribution in [3.05, 3.63) is 327 Å². The molecule has 534 valence electrons. The molecule has 0 spiro atoms. The lowest BCUT2D eigenvalue weighted by Gasteiger charge is -2.04. The number of nitro groups is 3. The lowest BCUT2D eigenvalue weighted by atomic mass is 10.3. The zero-order valence-corrected chi connectivity index (χ0v) is 61.3. The Hall–Kier alpha value is -8.49. The van der Waals surface area contributed by atoms with Crippen LogP contribution in [-0.4, -0.2) is 69.6 Å². The van der Waals surface area contributed by atoms with E-state index in [1.807, 2.05) is 48.9 Å². The summed E-state index contributed by atoms with van der Waals surface area (Å²) in [6.45, 7) is 0. The molecule has 0 aliphatic carbocycles. The van der Waals surface area contributed by atoms with Crippen molar-refractivity contribution in [2.45, 2.75) is 18.5 Å². The molecule has 0 aromatic carbocycles. The van der Waals surface area contributed by atoms with Crippen molar-refractivity contribution in [2.24, 2.45) is 0 Å². The highest BCUT2D eigenvalue weighted by Crippen LogP contribution is 2.30. The number of aromatic amines is 11. The fraction of sp³-hybridized carbons (Fsp3) is 0.0517. The number of nitrogens with one attached hydrogen (secondary N) is 11. The summed E-state index contributed by atoms with van der Waals surface area (Å²) in [4.78, 5) is 57.5. The molecule has 11 aromatic rings. The van der Waals surface area contributed by atoms with Gasteiger partial charge in [-0.05, 0) is 103 Å². The fourth-order valence-electron chi connectivity index (χ4n) is 5.43. The Morgan fingerprint density at radius 2 is 0.792 bits per heavy atom. The molecule has 43 heteroatoms. The van der Waals surface area contributed by atoms with Gasteiger partial charge in [-0.25, -0.2) is 0 Å². The molecule has 0 atom stereocenters. The van der Waals surface area contributed by atoms with Crippen LogP contribution < -0.4 is 0 Å². The van der Waals surface area contributed by atoms with Crippen LogP contribution in [0.25, 0.3) is 0 Å². The molecule has 0 saturated heterocycles. The average Bonchev–Trinajstić information content (AvgIpc) is 0.858. The number of rotatable bonds is 3. The minimum atomic E-state index is -4.35. The Morgan fingerprint density at radius 1 is 0.327 bits per heavy atom.